The Labute approximate surface area is 125 Å². The minimum absolute atomic E-state index is 0.181. The summed E-state index contributed by atoms with van der Waals surface area (Å²) < 4.78 is 27.0. The molecule has 1 aliphatic rings. The summed E-state index contributed by atoms with van der Waals surface area (Å²) >= 11 is 0. The maximum absolute atomic E-state index is 12.8. The number of piperidine rings is 1. The monoisotopic (exact) mass is 311 g/mol. The normalized spacial score (nSPS) is 17.8. The van der Waals surface area contributed by atoms with Crippen molar-refractivity contribution in [3.05, 3.63) is 23.3 Å². The zero-order valence-electron chi connectivity index (χ0n) is 12.3. The molecule has 21 heavy (non-hydrogen) atoms. The van der Waals surface area contributed by atoms with E-state index in [0.29, 0.717) is 31.5 Å². The summed E-state index contributed by atoms with van der Waals surface area (Å²) in [4.78, 5) is 11.3. The van der Waals surface area contributed by atoms with Crippen LogP contribution in [0.2, 0.25) is 0 Å². The highest BCUT2D eigenvalue weighted by Crippen LogP contribution is 2.30. The zero-order chi connectivity index (χ0) is 15.8. The molecule has 1 heterocycles. The third kappa shape index (κ3) is 2.89. The lowest BCUT2D eigenvalue weighted by Gasteiger charge is -2.30. The molecule has 0 bridgehead atoms. The van der Waals surface area contributed by atoms with E-state index in [1.54, 1.807) is 13.0 Å². The highest BCUT2D eigenvalue weighted by atomic mass is 32.2. The molecule has 1 aromatic rings. The smallest absolute Gasteiger partial charge is 0.245 e. The van der Waals surface area contributed by atoms with Crippen molar-refractivity contribution in [1.82, 2.24) is 4.31 Å². The van der Waals surface area contributed by atoms with Crippen LogP contribution >= 0.6 is 0 Å². The molecule has 0 saturated carbocycles. The number of primary amides is 1. The van der Waals surface area contributed by atoms with E-state index in [-0.39, 0.29) is 22.4 Å². The lowest BCUT2D eigenvalue weighted by Crippen LogP contribution is -2.42. The quantitative estimate of drug-likeness (QED) is 0.804. The summed E-state index contributed by atoms with van der Waals surface area (Å²) in [6.45, 7) is 4.20. The summed E-state index contributed by atoms with van der Waals surface area (Å²) in [5.74, 6) is -0.606. The molecule has 0 spiro atoms. The first-order valence-electron chi connectivity index (χ1n) is 6.90. The van der Waals surface area contributed by atoms with Crippen LogP contribution in [-0.4, -0.2) is 31.7 Å². The van der Waals surface area contributed by atoms with Gasteiger partial charge in [-0.3, -0.25) is 4.79 Å². The van der Waals surface area contributed by atoms with Crippen LogP contribution in [0.3, 0.4) is 0 Å². The molecule has 2 rings (SSSR count). The lowest BCUT2D eigenvalue weighted by molar-refractivity contribution is -0.122. The Morgan fingerprint density at radius 2 is 1.81 bits per heavy atom. The minimum Gasteiger partial charge on any atom is -0.398 e. The summed E-state index contributed by atoms with van der Waals surface area (Å²) in [6.07, 6.45) is 0.915. The van der Waals surface area contributed by atoms with Gasteiger partial charge in [-0.2, -0.15) is 4.31 Å². The number of benzene rings is 1. The molecule has 0 radical (unpaired) electrons. The van der Waals surface area contributed by atoms with Gasteiger partial charge in [-0.1, -0.05) is 6.07 Å². The van der Waals surface area contributed by atoms with Crippen molar-refractivity contribution < 1.29 is 13.2 Å². The Hall–Kier alpha value is -1.60. The predicted octanol–water partition coefficient (Wildman–Crippen LogP) is 0.772. The first-order chi connectivity index (χ1) is 9.75. The molecular weight excluding hydrogens is 290 g/mol. The zero-order valence-corrected chi connectivity index (χ0v) is 13.1. The van der Waals surface area contributed by atoms with E-state index in [9.17, 15) is 13.2 Å². The van der Waals surface area contributed by atoms with Gasteiger partial charge in [0.25, 0.3) is 0 Å². The van der Waals surface area contributed by atoms with E-state index in [4.69, 9.17) is 11.5 Å². The Morgan fingerprint density at radius 3 is 2.33 bits per heavy atom. The Bertz CT molecular complexity index is 662. The number of nitrogens with two attached hydrogens (primary N) is 2. The van der Waals surface area contributed by atoms with Gasteiger partial charge in [-0.15, -0.1) is 0 Å². The van der Waals surface area contributed by atoms with Crippen molar-refractivity contribution >= 4 is 21.6 Å². The fourth-order valence-corrected chi connectivity index (χ4v) is 4.53. The Morgan fingerprint density at radius 1 is 1.24 bits per heavy atom. The molecule has 6 nitrogen and oxygen atoms in total. The van der Waals surface area contributed by atoms with Crippen molar-refractivity contribution in [2.45, 2.75) is 31.6 Å². The second kappa shape index (κ2) is 5.65. The molecule has 1 saturated heterocycles. The topological polar surface area (TPSA) is 106 Å². The maximum Gasteiger partial charge on any atom is 0.245 e. The standard InChI is InChI=1S/C14H21N3O3S/c1-9-3-4-12(15)13(10(9)2)21(19,20)17-7-5-11(6-8-17)14(16)18/h3-4,11H,5-8,15H2,1-2H3,(H2,16,18). The molecule has 116 valence electrons. The molecule has 7 heteroatoms. The van der Waals surface area contributed by atoms with Gasteiger partial charge in [0.05, 0.1) is 5.69 Å². The number of hydrogen-bond donors (Lipinski definition) is 2. The number of nitrogens with zero attached hydrogens (tertiary/aromatic N) is 1. The van der Waals surface area contributed by atoms with Gasteiger partial charge >= 0.3 is 0 Å². The predicted molar refractivity (Wildman–Crippen MR) is 81.0 cm³/mol. The fraction of sp³-hybridized carbons (Fsp3) is 0.500. The number of sulfonamides is 1. The molecular formula is C14H21N3O3S. The highest BCUT2D eigenvalue weighted by molar-refractivity contribution is 7.89. The number of amides is 1. The van der Waals surface area contributed by atoms with E-state index < -0.39 is 10.0 Å². The van der Waals surface area contributed by atoms with Crippen LogP contribution in [0, 0.1) is 19.8 Å². The average molecular weight is 311 g/mol. The van der Waals surface area contributed by atoms with Crippen molar-refractivity contribution in [2.75, 3.05) is 18.8 Å². The number of aryl methyl sites for hydroxylation is 1. The van der Waals surface area contributed by atoms with E-state index in [0.717, 1.165) is 5.56 Å². The molecule has 0 aliphatic carbocycles. The van der Waals surface area contributed by atoms with Gasteiger partial charge in [0.1, 0.15) is 4.90 Å². The molecule has 1 fully saturated rings. The number of carbonyl (C=O) groups excluding carboxylic acids is 1. The van der Waals surface area contributed by atoms with E-state index in [2.05, 4.69) is 0 Å². The van der Waals surface area contributed by atoms with Crippen LogP contribution in [0.5, 0.6) is 0 Å². The maximum atomic E-state index is 12.8. The van der Waals surface area contributed by atoms with E-state index >= 15 is 0 Å². The van der Waals surface area contributed by atoms with Crippen molar-refractivity contribution in [1.29, 1.82) is 0 Å². The van der Waals surface area contributed by atoms with Gasteiger partial charge in [0, 0.05) is 19.0 Å². The molecule has 4 N–H and O–H groups in total. The van der Waals surface area contributed by atoms with Crippen molar-refractivity contribution in [2.24, 2.45) is 11.7 Å². The first-order valence-corrected chi connectivity index (χ1v) is 8.34. The average Bonchev–Trinajstić information content (AvgIpc) is 2.43. The van der Waals surface area contributed by atoms with Crippen LogP contribution < -0.4 is 11.5 Å². The second-order valence-electron chi connectivity index (χ2n) is 5.51. The molecule has 1 aromatic carbocycles. The number of anilines is 1. The summed E-state index contributed by atoms with van der Waals surface area (Å²) in [5.41, 5.74) is 13.0. The van der Waals surface area contributed by atoms with Crippen LogP contribution in [0.25, 0.3) is 0 Å². The molecule has 0 aromatic heterocycles. The van der Waals surface area contributed by atoms with E-state index in [1.807, 2.05) is 13.0 Å². The highest BCUT2D eigenvalue weighted by Gasteiger charge is 2.33. The van der Waals surface area contributed by atoms with Crippen molar-refractivity contribution in [3.63, 3.8) is 0 Å². The van der Waals surface area contributed by atoms with Gasteiger partial charge in [0.2, 0.25) is 15.9 Å². The number of hydrogen-bond acceptors (Lipinski definition) is 4. The van der Waals surface area contributed by atoms with Gasteiger partial charge in [-0.05, 0) is 43.9 Å². The Balaban J connectivity index is 2.32. The van der Waals surface area contributed by atoms with Crippen LogP contribution in [0.4, 0.5) is 5.69 Å². The van der Waals surface area contributed by atoms with E-state index in [1.165, 1.54) is 4.31 Å². The van der Waals surface area contributed by atoms with Gasteiger partial charge in [0.15, 0.2) is 0 Å². The van der Waals surface area contributed by atoms with Gasteiger partial charge in [-0.25, -0.2) is 8.42 Å². The number of nitrogen functional groups attached to an aromatic ring is 1. The van der Waals surface area contributed by atoms with Crippen LogP contribution in [0.1, 0.15) is 24.0 Å². The molecule has 1 amide bonds. The van der Waals surface area contributed by atoms with Crippen LogP contribution in [-0.2, 0) is 14.8 Å². The summed E-state index contributed by atoms with van der Waals surface area (Å²) in [6, 6.07) is 3.42. The minimum atomic E-state index is -3.64. The first kappa shape index (κ1) is 15.8. The molecule has 0 atom stereocenters. The summed E-state index contributed by atoms with van der Waals surface area (Å²) in [7, 11) is -3.64. The number of rotatable bonds is 3. The molecule has 1 aliphatic heterocycles. The Kier molecular flexibility index (Phi) is 4.25. The van der Waals surface area contributed by atoms with Crippen LogP contribution in [0.15, 0.2) is 17.0 Å². The third-order valence-corrected chi connectivity index (χ3v) is 6.26. The van der Waals surface area contributed by atoms with Gasteiger partial charge < -0.3 is 11.5 Å². The molecule has 0 unspecified atom stereocenters. The van der Waals surface area contributed by atoms with Crippen molar-refractivity contribution in [3.8, 4) is 0 Å². The summed E-state index contributed by atoms with van der Waals surface area (Å²) in [5, 5.41) is 0. The SMILES string of the molecule is Cc1ccc(N)c(S(=O)(=O)N2CCC(C(N)=O)CC2)c1C. The second-order valence-corrected chi connectivity index (χ2v) is 7.38. The number of carbonyl (C=O) groups is 1. The fourth-order valence-electron chi connectivity index (χ4n) is 2.66. The largest absolute Gasteiger partial charge is 0.398 e. The lowest BCUT2D eigenvalue weighted by atomic mass is 9.98. The third-order valence-electron chi connectivity index (χ3n) is 4.16.